The normalized spacial score (nSPS) is 21.2. The van der Waals surface area contributed by atoms with Crippen LogP contribution in [0.25, 0.3) is 0 Å². The third-order valence-electron chi connectivity index (χ3n) is 2.60. The summed E-state index contributed by atoms with van der Waals surface area (Å²) in [7, 11) is 0. The molecule has 0 radical (unpaired) electrons. The van der Waals surface area contributed by atoms with Crippen molar-refractivity contribution in [2.45, 2.75) is 13.0 Å². The maximum Gasteiger partial charge on any atom is 0.151 e. The van der Waals surface area contributed by atoms with E-state index in [-0.39, 0.29) is 17.5 Å². The quantitative estimate of drug-likeness (QED) is 0.744. The summed E-state index contributed by atoms with van der Waals surface area (Å²) in [5, 5.41) is 0. The Bertz CT molecular complexity index is 375. The molecule has 1 heterocycles. The summed E-state index contributed by atoms with van der Waals surface area (Å²) in [5.74, 6) is -1.24. The average Bonchev–Trinajstić information content (AvgIpc) is 2.15. The largest absolute Gasteiger partial charge is 0.399 e. The molecule has 0 amide bonds. The molecule has 0 aliphatic carbocycles. The molecule has 1 aromatic carbocycles. The van der Waals surface area contributed by atoms with Crippen molar-refractivity contribution < 1.29 is 13.5 Å². The maximum absolute atomic E-state index is 13.6. The van der Waals surface area contributed by atoms with Gasteiger partial charge in [0.15, 0.2) is 11.6 Å². The van der Waals surface area contributed by atoms with E-state index in [1.54, 1.807) is 4.90 Å². The Balaban J connectivity index is 2.32. The zero-order chi connectivity index (χ0) is 11.7. The predicted molar refractivity (Wildman–Crippen MR) is 58.4 cm³/mol. The van der Waals surface area contributed by atoms with E-state index >= 15 is 0 Å². The van der Waals surface area contributed by atoms with Crippen LogP contribution in [0.15, 0.2) is 12.1 Å². The molecule has 5 heteroatoms. The lowest BCUT2D eigenvalue weighted by Gasteiger charge is -2.33. The molecule has 1 aromatic rings. The van der Waals surface area contributed by atoms with Crippen molar-refractivity contribution in [3.63, 3.8) is 0 Å². The smallest absolute Gasteiger partial charge is 0.151 e. The first-order valence-electron chi connectivity index (χ1n) is 5.19. The standard InChI is InChI=1S/C11H14F2N2O/c1-7-6-15(2-3-16-7)11-9(12)4-8(14)5-10(11)13/h4-5,7H,2-3,6,14H2,1H3. The Hall–Kier alpha value is -1.36. The third-order valence-corrected chi connectivity index (χ3v) is 2.60. The molecule has 0 aromatic heterocycles. The van der Waals surface area contributed by atoms with Crippen molar-refractivity contribution in [1.82, 2.24) is 0 Å². The summed E-state index contributed by atoms with van der Waals surface area (Å²) in [5.41, 5.74) is 5.45. The summed E-state index contributed by atoms with van der Waals surface area (Å²) in [6.45, 7) is 3.32. The van der Waals surface area contributed by atoms with E-state index in [1.807, 2.05) is 6.92 Å². The molecule has 1 aliphatic rings. The third kappa shape index (κ3) is 2.09. The van der Waals surface area contributed by atoms with Crippen LogP contribution in [0, 0.1) is 11.6 Å². The SMILES string of the molecule is CC1CN(c2c(F)cc(N)cc2F)CCO1. The van der Waals surface area contributed by atoms with Gasteiger partial charge >= 0.3 is 0 Å². The number of nitrogen functional groups attached to an aromatic ring is 1. The van der Waals surface area contributed by atoms with E-state index in [4.69, 9.17) is 10.5 Å². The summed E-state index contributed by atoms with van der Waals surface area (Å²) < 4.78 is 32.6. The second-order valence-electron chi connectivity index (χ2n) is 3.96. The number of halogens is 2. The molecule has 0 bridgehead atoms. The second kappa shape index (κ2) is 4.25. The zero-order valence-corrected chi connectivity index (χ0v) is 9.04. The first-order valence-corrected chi connectivity index (χ1v) is 5.19. The summed E-state index contributed by atoms with van der Waals surface area (Å²) >= 11 is 0. The fourth-order valence-corrected chi connectivity index (χ4v) is 1.91. The molecule has 88 valence electrons. The Morgan fingerprint density at radius 1 is 1.38 bits per heavy atom. The van der Waals surface area contributed by atoms with Crippen LogP contribution in [0.1, 0.15) is 6.92 Å². The highest BCUT2D eigenvalue weighted by Gasteiger charge is 2.22. The van der Waals surface area contributed by atoms with Gasteiger partial charge in [-0.2, -0.15) is 0 Å². The van der Waals surface area contributed by atoms with Crippen LogP contribution in [0.4, 0.5) is 20.2 Å². The van der Waals surface area contributed by atoms with Gasteiger partial charge in [-0.15, -0.1) is 0 Å². The second-order valence-corrected chi connectivity index (χ2v) is 3.96. The van der Waals surface area contributed by atoms with E-state index < -0.39 is 11.6 Å². The van der Waals surface area contributed by atoms with Crippen LogP contribution in [0.5, 0.6) is 0 Å². The fourth-order valence-electron chi connectivity index (χ4n) is 1.91. The van der Waals surface area contributed by atoms with Gasteiger partial charge in [-0.25, -0.2) is 8.78 Å². The molecule has 1 saturated heterocycles. The fraction of sp³-hybridized carbons (Fsp3) is 0.455. The predicted octanol–water partition coefficient (Wildman–Crippen LogP) is 1.77. The lowest BCUT2D eigenvalue weighted by Crippen LogP contribution is -2.42. The van der Waals surface area contributed by atoms with E-state index in [9.17, 15) is 8.78 Å². The van der Waals surface area contributed by atoms with Crippen molar-refractivity contribution in [2.24, 2.45) is 0 Å². The molecule has 2 rings (SSSR count). The lowest BCUT2D eigenvalue weighted by molar-refractivity contribution is 0.0527. The Morgan fingerprint density at radius 2 is 2.00 bits per heavy atom. The van der Waals surface area contributed by atoms with Gasteiger partial charge in [-0.3, -0.25) is 0 Å². The highest BCUT2D eigenvalue weighted by Crippen LogP contribution is 2.27. The van der Waals surface area contributed by atoms with Gasteiger partial charge in [0.25, 0.3) is 0 Å². The van der Waals surface area contributed by atoms with Gasteiger partial charge in [0, 0.05) is 18.8 Å². The lowest BCUT2D eigenvalue weighted by atomic mass is 10.2. The number of benzene rings is 1. The van der Waals surface area contributed by atoms with Crippen molar-refractivity contribution in [3.8, 4) is 0 Å². The van der Waals surface area contributed by atoms with Crippen molar-refractivity contribution in [1.29, 1.82) is 0 Å². The average molecular weight is 228 g/mol. The van der Waals surface area contributed by atoms with E-state index in [0.717, 1.165) is 12.1 Å². The molecular weight excluding hydrogens is 214 g/mol. The van der Waals surface area contributed by atoms with Gasteiger partial charge in [-0.1, -0.05) is 0 Å². The van der Waals surface area contributed by atoms with Crippen molar-refractivity contribution in [3.05, 3.63) is 23.8 Å². The number of morpholine rings is 1. The molecule has 1 atom stereocenters. The summed E-state index contributed by atoms with van der Waals surface area (Å²) in [6, 6.07) is 2.27. The number of anilines is 2. The van der Waals surface area contributed by atoms with Gasteiger partial charge in [0.05, 0.1) is 12.7 Å². The molecule has 3 nitrogen and oxygen atoms in total. The van der Waals surface area contributed by atoms with E-state index in [2.05, 4.69) is 0 Å². The zero-order valence-electron chi connectivity index (χ0n) is 9.04. The van der Waals surface area contributed by atoms with Crippen LogP contribution in [-0.2, 0) is 4.74 Å². The molecule has 1 unspecified atom stereocenters. The molecule has 1 aliphatic heterocycles. The number of hydrogen-bond donors (Lipinski definition) is 1. The van der Waals surface area contributed by atoms with Gasteiger partial charge in [-0.05, 0) is 19.1 Å². The van der Waals surface area contributed by atoms with Gasteiger partial charge in [0.2, 0.25) is 0 Å². The highest BCUT2D eigenvalue weighted by molar-refractivity contribution is 5.56. The molecule has 1 fully saturated rings. The Labute approximate surface area is 92.8 Å². The number of nitrogens with two attached hydrogens (primary N) is 1. The van der Waals surface area contributed by atoms with E-state index in [1.165, 1.54) is 0 Å². The van der Waals surface area contributed by atoms with Gasteiger partial charge < -0.3 is 15.4 Å². The molecule has 0 spiro atoms. The van der Waals surface area contributed by atoms with Crippen LogP contribution < -0.4 is 10.6 Å². The van der Waals surface area contributed by atoms with E-state index in [0.29, 0.717) is 19.7 Å². The minimum absolute atomic E-state index is 0.00986. The molecule has 0 saturated carbocycles. The number of nitrogens with zero attached hydrogens (tertiary/aromatic N) is 1. The van der Waals surface area contributed by atoms with Gasteiger partial charge in [0.1, 0.15) is 5.69 Å². The van der Waals surface area contributed by atoms with Crippen molar-refractivity contribution >= 4 is 11.4 Å². The van der Waals surface area contributed by atoms with Crippen molar-refractivity contribution in [2.75, 3.05) is 30.3 Å². The maximum atomic E-state index is 13.6. The monoisotopic (exact) mass is 228 g/mol. The van der Waals surface area contributed by atoms with Crippen LogP contribution in [0.2, 0.25) is 0 Å². The Morgan fingerprint density at radius 3 is 2.56 bits per heavy atom. The molecular formula is C11H14F2N2O. The highest BCUT2D eigenvalue weighted by atomic mass is 19.1. The minimum atomic E-state index is -0.619. The molecule has 16 heavy (non-hydrogen) atoms. The topological polar surface area (TPSA) is 38.5 Å². The minimum Gasteiger partial charge on any atom is -0.399 e. The first-order chi connectivity index (χ1) is 7.58. The Kier molecular flexibility index (Phi) is 2.96. The summed E-state index contributed by atoms with van der Waals surface area (Å²) in [4.78, 5) is 1.65. The number of hydrogen-bond acceptors (Lipinski definition) is 3. The van der Waals surface area contributed by atoms with Crippen LogP contribution in [0.3, 0.4) is 0 Å². The van der Waals surface area contributed by atoms with Crippen LogP contribution >= 0.6 is 0 Å². The summed E-state index contributed by atoms with van der Waals surface area (Å²) in [6.07, 6.45) is -0.0231. The number of rotatable bonds is 1. The van der Waals surface area contributed by atoms with Crippen LogP contribution in [-0.4, -0.2) is 25.8 Å². The number of ether oxygens (including phenoxy) is 1. The first kappa shape index (κ1) is 11.1. The molecule has 2 N–H and O–H groups in total.